The van der Waals surface area contributed by atoms with Crippen LogP contribution in [0.25, 0.3) is 0 Å². The predicted octanol–water partition coefficient (Wildman–Crippen LogP) is 3.41. The summed E-state index contributed by atoms with van der Waals surface area (Å²) >= 11 is 6.09. The molecule has 0 saturated carbocycles. The molecule has 4 nitrogen and oxygen atoms in total. The molecule has 2 unspecified atom stereocenters. The average Bonchev–Trinajstić information content (AvgIpc) is 2.47. The highest BCUT2D eigenvalue weighted by Gasteiger charge is 2.23. The second-order valence-electron chi connectivity index (χ2n) is 5.66. The number of carbonyl (C=O) groups excluding carboxylic acids is 1. The molecule has 0 spiro atoms. The molecule has 21 heavy (non-hydrogen) atoms. The van der Waals surface area contributed by atoms with Gasteiger partial charge < -0.3 is 15.0 Å². The monoisotopic (exact) mass is 310 g/mol. The summed E-state index contributed by atoms with van der Waals surface area (Å²) in [5.41, 5.74) is 1.46. The standard InChI is InChI=1S/C16H23ClN2O2/c1-4-13-10-12(7-8-21-13)18-15-9-11(17)5-6-14(15)16(20)19(2)3/h5-6,9,12-13,18H,4,7-8,10H2,1-3H3. The lowest BCUT2D eigenvalue weighted by Crippen LogP contribution is -2.34. The first kappa shape index (κ1) is 16.1. The van der Waals surface area contributed by atoms with Gasteiger partial charge in [0.15, 0.2) is 0 Å². The largest absolute Gasteiger partial charge is 0.381 e. The number of anilines is 1. The van der Waals surface area contributed by atoms with Crippen molar-refractivity contribution < 1.29 is 9.53 Å². The van der Waals surface area contributed by atoms with E-state index in [4.69, 9.17) is 16.3 Å². The van der Waals surface area contributed by atoms with Crippen LogP contribution >= 0.6 is 11.6 Å². The van der Waals surface area contributed by atoms with Crippen molar-refractivity contribution in [3.8, 4) is 0 Å². The number of halogens is 1. The van der Waals surface area contributed by atoms with Gasteiger partial charge in [-0.1, -0.05) is 18.5 Å². The lowest BCUT2D eigenvalue weighted by atomic mass is 10.0. The van der Waals surface area contributed by atoms with E-state index in [2.05, 4.69) is 12.2 Å². The molecule has 1 heterocycles. The molecule has 1 N–H and O–H groups in total. The number of rotatable bonds is 4. The Kier molecular flexibility index (Phi) is 5.48. The van der Waals surface area contributed by atoms with Crippen LogP contribution in [0.15, 0.2) is 18.2 Å². The van der Waals surface area contributed by atoms with E-state index in [1.165, 1.54) is 0 Å². The third kappa shape index (κ3) is 4.11. The van der Waals surface area contributed by atoms with Gasteiger partial charge in [0.1, 0.15) is 0 Å². The number of nitrogens with one attached hydrogen (secondary N) is 1. The van der Waals surface area contributed by atoms with Gasteiger partial charge in [-0.05, 0) is 37.5 Å². The summed E-state index contributed by atoms with van der Waals surface area (Å²) in [6.45, 7) is 2.89. The van der Waals surface area contributed by atoms with Crippen molar-refractivity contribution in [3.63, 3.8) is 0 Å². The van der Waals surface area contributed by atoms with Crippen LogP contribution in [0.4, 0.5) is 5.69 Å². The van der Waals surface area contributed by atoms with Gasteiger partial charge in [0.25, 0.3) is 5.91 Å². The minimum absolute atomic E-state index is 0.0201. The molecular formula is C16H23ClN2O2. The number of nitrogens with zero attached hydrogens (tertiary/aromatic N) is 1. The first-order valence-corrected chi connectivity index (χ1v) is 7.78. The van der Waals surface area contributed by atoms with Gasteiger partial charge in [0.2, 0.25) is 0 Å². The maximum absolute atomic E-state index is 12.3. The Balaban J connectivity index is 2.18. The van der Waals surface area contributed by atoms with E-state index in [1.807, 2.05) is 6.07 Å². The van der Waals surface area contributed by atoms with Gasteiger partial charge >= 0.3 is 0 Å². The van der Waals surface area contributed by atoms with Crippen LogP contribution in [0.3, 0.4) is 0 Å². The van der Waals surface area contributed by atoms with E-state index in [1.54, 1.807) is 31.1 Å². The summed E-state index contributed by atoms with van der Waals surface area (Å²) in [5.74, 6) is -0.0201. The normalized spacial score (nSPS) is 21.9. The van der Waals surface area contributed by atoms with Gasteiger partial charge in [-0.25, -0.2) is 0 Å². The smallest absolute Gasteiger partial charge is 0.255 e. The zero-order chi connectivity index (χ0) is 15.4. The lowest BCUT2D eigenvalue weighted by molar-refractivity contribution is 0.00925. The van der Waals surface area contributed by atoms with E-state index in [9.17, 15) is 4.79 Å². The minimum atomic E-state index is -0.0201. The molecule has 5 heteroatoms. The summed E-state index contributed by atoms with van der Waals surface area (Å²) in [5, 5.41) is 4.11. The number of hydrogen-bond acceptors (Lipinski definition) is 3. The molecule has 1 aromatic rings. The van der Waals surface area contributed by atoms with Crippen molar-refractivity contribution in [3.05, 3.63) is 28.8 Å². The van der Waals surface area contributed by atoms with Crippen LogP contribution in [-0.2, 0) is 4.74 Å². The molecule has 0 bridgehead atoms. The lowest BCUT2D eigenvalue weighted by Gasteiger charge is -2.31. The first-order valence-electron chi connectivity index (χ1n) is 7.40. The number of ether oxygens (including phenoxy) is 1. The van der Waals surface area contributed by atoms with Crippen LogP contribution in [0.5, 0.6) is 0 Å². The third-order valence-electron chi connectivity index (χ3n) is 3.80. The summed E-state index contributed by atoms with van der Waals surface area (Å²) < 4.78 is 5.69. The van der Waals surface area contributed by atoms with Crippen molar-refractivity contribution in [1.82, 2.24) is 4.90 Å². The van der Waals surface area contributed by atoms with Gasteiger partial charge in [-0.2, -0.15) is 0 Å². The van der Waals surface area contributed by atoms with Crippen molar-refractivity contribution in [2.75, 3.05) is 26.0 Å². The van der Waals surface area contributed by atoms with E-state index in [0.29, 0.717) is 22.7 Å². The fourth-order valence-corrected chi connectivity index (χ4v) is 2.75. The quantitative estimate of drug-likeness (QED) is 0.926. The van der Waals surface area contributed by atoms with Gasteiger partial charge in [-0.15, -0.1) is 0 Å². The molecule has 1 fully saturated rings. The highest BCUT2D eigenvalue weighted by molar-refractivity contribution is 6.31. The summed E-state index contributed by atoms with van der Waals surface area (Å²) in [6.07, 6.45) is 3.21. The Bertz CT molecular complexity index is 505. The maximum atomic E-state index is 12.3. The predicted molar refractivity (Wildman–Crippen MR) is 86.1 cm³/mol. The molecular weight excluding hydrogens is 288 g/mol. The Hall–Kier alpha value is -1.26. The summed E-state index contributed by atoms with van der Waals surface area (Å²) in [4.78, 5) is 13.8. The van der Waals surface area contributed by atoms with E-state index >= 15 is 0 Å². The molecule has 0 aromatic heterocycles. The zero-order valence-corrected chi connectivity index (χ0v) is 13.6. The molecule has 1 aliphatic heterocycles. The molecule has 1 saturated heterocycles. The fourth-order valence-electron chi connectivity index (χ4n) is 2.58. The van der Waals surface area contributed by atoms with E-state index in [-0.39, 0.29) is 5.91 Å². The Morgan fingerprint density at radius 3 is 2.90 bits per heavy atom. The van der Waals surface area contributed by atoms with Crippen LogP contribution in [-0.4, -0.2) is 43.7 Å². The molecule has 2 rings (SSSR count). The van der Waals surface area contributed by atoms with Crippen LogP contribution in [0.1, 0.15) is 36.5 Å². The number of hydrogen-bond donors (Lipinski definition) is 1. The maximum Gasteiger partial charge on any atom is 0.255 e. The van der Waals surface area contributed by atoms with Gasteiger partial charge in [-0.3, -0.25) is 4.79 Å². The Morgan fingerprint density at radius 2 is 2.24 bits per heavy atom. The topological polar surface area (TPSA) is 41.6 Å². The summed E-state index contributed by atoms with van der Waals surface area (Å²) in [7, 11) is 3.50. The van der Waals surface area contributed by atoms with E-state index in [0.717, 1.165) is 31.6 Å². The van der Waals surface area contributed by atoms with Crippen LogP contribution in [0.2, 0.25) is 5.02 Å². The van der Waals surface area contributed by atoms with Crippen molar-refractivity contribution >= 4 is 23.2 Å². The average molecular weight is 311 g/mol. The zero-order valence-electron chi connectivity index (χ0n) is 12.9. The van der Waals surface area contributed by atoms with Crippen molar-refractivity contribution in [2.45, 2.75) is 38.3 Å². The fraction of sp³-hybridized carbons (Fsp3) is 0.562. The Labute approximate surface area is 131 Å². The number of benzene rings is 1. The second kappa shape index (κ2) is 7.14. The van der Waals surface area contributed by atoms with Gasteiger partial charge in [0, 0.05) is 37.5 Å². The number of carbonyl (C=O) groups is 1. The highest BCUT2D eigenvalue weighted by atomic mass is 35.5. The van der Waals surface area contributed by atoms with Crippen molar-refractivity contribution in [1.29, 1.82) is 0 Å². The minimum Gasteiger partial charge on any atom is -0.381 e. The summed E-state index contributed by atoms with van der Waals surface area (Å²) in [6, 6.07) is 5.68. The molecule has 1 aliphatic rings. The second-order valence-corrected chi connectivity index (χ2v) is 6.09. The third-order valence-corrected chi connectivity index (χ3v) is 4.04. The SMILES string of the molecule is CCC1CC(Nc2cc(Cl)ccc2C(=O)N(C)C)CCO1. The molecule has 1 amide bonds. The van der Waals surface area contributed by atoms with Crippen LogP contribution in [0, 0.1) is 0 Å². The molecule has 2 atom stereocenters. The van der Waals surface area contributed by atoms with E-state index < -0.39 is 0 Å². The molecule has 116 valence electrons. The molecule has 0 aliphatic carbocycles. The molecule has 1 aromatic carbocycles. The Morgan fingerprint density at radius 1 is 1.48 bits per heavy atom. The van der Waals surface area contributed by atoms with Crippen LogP contribution < -0.4 is 5.32 Å². The number of amides is 1. The first-order chi connectivity index (χ1) is 10.0. The van der Waals surface area contributed by atoms with Crippen molar-refractivity contribution in [2.24, 2.45) is 0 Å². The highest BCUT2D eigenvalue weighted by Crippen LogP contribution is 2.26. The molecule has 0 radical (unpaired) electrons. The van der Waals surface area contributed by atoms with Gasteiger partial charge in [0.05, 0.1) is 11.7 Å².